The predicted octanol–water partition coefficient (Wildman–Crippen LogP) is 3.28. The van der Waals surface area contributed by atoms with Crippen molar-refractivity contribution in [2.45, 2.75) is 31.7 Å². The molecule has 0 spiro atoms. The van der Waals surface area contributed by atoms with Crippen LogP contribution in [-0.2, 0) is 4.74 Å². The highest BCUT2D eigenvalue weighted by Crippen LogP contribution is 2.38. The third-order valence-corrected chi connectivity index (χ3v) is 5.24. The van der Waals surface area contributed by atoms with Gasteiger partial charge in [0, 0.05) is 30.9 Å². The van der Waals surface area contributed by atoms with Gasteiger partial charge in [0.15, 0.2) is 11.5 Å². The van der Waals surface area contributed by atoms with Gasteiger partial charge in [-0.15, -0.1) is 0 Å². The van der Waals surface area contributed by atoms with Crippen molar-refractivity contribution in [1.82, 2.24) is 10.5 Å². The van der Waals surface area contributed by atoms with E-state index in [-0.39, 0.29) is 11.9 Å². The van der Waals surface area contributed by atoms with E-state index in [1.807, 2.05) is 30.3 Å². The SMILES string of the molecule is O=C(N[C@H]1C[C@H](C2CCOCC2)C1)c1cc(-c2ccccc2)on1. The van der Waals surface area contributed by atoms with Crippen molar-refractivity contribution in [2.75, 3.05) is 13.2 Å². The van der Waals surface area contributed by atoms with E-state index in [0.717, 1.165) is 56.3 Å². The van der Waals surface area contributed by atoms with Crippen LogP contribution in [0.15, 0.2) is 40.9 Å². The van der Waals surface area contributed by atoms with E-state index in [1.165, 1.54) is 0 Å². The molecule has 1 saturated carbocycles. The smallest absolute Gasteiger partial charge is 0.273 e. The molecule has 2 aromatic rings. The second-order valence-electron chi connectivity index (χ2n) is 6.79. The fourth-order valence-electron chi connectivity index (χ4n) is 3.73. The Bertz CT molecular complexity index is 686. The summed E-state index contributed by atoms with van der Waals surface area (Å²) in [4.78, 5) is 12.3. The Balaban J connectivity index is 1.30. The van der Waals surface area contributed by atoms with E-state index < -0.39 is 0 Å². The molecule has 2 fully saturated rings. The molecule has 126 valence electrons. The summed E-state index contributed by atoms with van der Waals surface area (Å²) in [7, 11) is 0. The lowest BCUT2D eigenvalue weighted by Crippen LogP contribution is -2.47. The standard InChI is InChI=1S/C19H22N2O3/c22-19(17-12-18(24-21-17)14-4-2-1-3-5-14)20-16-10-15(11-16)13-6-8-23-9-7-13/h1-5,12-13,15-16H,6-11H2,(H,20,22)/t15-,16-. The Kier molecular flexibility index (Phi) is 4.34. The molecule has 1 aliphatic heterocycles. The van der Waals surface area contributed by atoms with Crippen molar-refractivity contribution in [1.29, 1.82) is 0 Å². The van der Waals surface area contributed by atoms with Gasteiger partial charge in [0.05, 0.1) is 0 Å². The van der Waals surface area contributed by atoms with Crippen LogP contribution >= 0.6 is 0 Å². The zero-order valence-electron chi connectivity index (χ0n) is 13.6. The summed E-state index contributed by atoms with van der Waals surface area (Å²) in [6, 6.07) is 11.7. The number of carbonyl (C=O) groups excluding carboxylic acids is 1. The minimum atomic E-state index is -0.142. The van der Waals surface area contributed by atoms with Crippen molar-refractivity contribution in [3.8, 4) is 11.3 Å². The van der Waals surface area contributed by atoms with Crippen LogP contribution in [0.3, 0.4) is 0 Å². The molecule has 0 radical (unpaired) electrons. The van der Waals surface area contributed by atoms with Gasteiger partial charge in [-0.3, -0.25) is 4.79 Å². The summed E-state index contributed by atoms with van der Waals surface area (Å²) in [5.41, 5.74) is 1.27. The molecule has 1 N–H and O–H groups in total. The van der Waals surface area contributed by atoms with E-state index in [9.17, 15) is 4.79 Å². The zero-order chi connectivity index (χ0) is 16.4. The minimum Gasteiger partial charge on any atom is -0.381 e. The number of hydrogen-bond donors (Lipinski definition) is 1. The van der Waals surface area contributed by atoms with Gasteiger partial charge in [-0.05, 0) is 37.5 Å². The molecule has 1 aliphatic carbocycles. The van der Waals surface area contributed by atoms with Crippen molar-refractivity contribution in [3.63, 3.8) is 0 Å². The van der Waals surface area contributed by atoms with Crippen LogP contribution < -0.4 is 5.32 Å². The molecule has 1 amide bonds. The van der Waals surface area contributed by atoms with Gasteiger partial charge in [0.25, 0.3) is 5.91 Å². The lowest BCUT2D eigenvalue weighted by atomic mass is 9.70. The highest BCUT2D eigenvalue weighted by atomic mass is 16.5. The van der Waals surface area contributed by atoms with Crippen LogP contribution in [0.25, 0.3) is 11.3 Å². The van der Waals surface area contributed by atoms with Crippen molar-refractivity contribution >= 4 is 5.91 Å². The van der Waals surface area contributed by atoms with Gasteiger partial charge in [-0.1, -0.05) is 35.5 Å². The number of rotatable bonds is 4. The van der Waals surface area contributed by atoms with Crippen LogP contribution in [0.4, 0.5) is 0 Å². The molecule has 24 heavy (non-hydrogen) atoms. The summed E-state index contributed by atoms with van der Waals surface area (Å²) in [5.74, 6) is 1.98. The van der Waals surface area contributed by atoms with Gasteiger partial charge in [-0.2, -0.15) is 0 Å². The molecule has 5 heteroatoms. The van der Waals surface area contributed by atoms with Crippen LogP contribution in [0.1, 0.15) is 36.2 Å². The van der Waals surface area contributed by atoms with Gasteiger partial charge in [0.1, 0.15) is 0 Å². The number of nitrogens with zero attached hydrogens (tertiary/aromatic N) is 1. The van der Waals surface area contributed by atoms with Crippen LogP contribution in [0.5, 0.6) is 0 Å². The molecule has 1 aromatic heterocycles. The van der Waals surface area contributed by atoms with Crippen molar-refractivity contribution < 1.29 is 14.1 Å². The highest BCUT2D eigenvalue weighted by molar-refractivity contribution is 5.93. The normalized spacial score (nSPS) is 24.3. The molecular formula is C19H22N2O3. The monoisotopic (exact) mass is 326 g/mol. The van der Waals surface area contributed by atoms with Gasteiger partial charge in [-0.25, -0.2) is 0 Å². The van der Waals surface area contributed by atoms with Crippen molar-refractivity contribution in [3.05, 3.63) is 42.1 Å². The summed E-state index contributed by atoms with van der Waals surface area (Å²) in [6.07, 6.45) is 4.46. The number of ether oxygens (including phenoxy) is 1. The molecule has 0 bridgehead atoms. The van der Waals surface area contributed by atoms with E-state index in [1.54, 1.807) is 6.07 Å². The average molecular weight is 326 g/mol. The quantitative estimate of drug-likeness (QED) is 0.936. The molecular weight excluding hydrogens is 304 g/mol. The van der Waals surface area contributed by atoms with Crippen LogP contribution in [0, 0.1) is 11.8 Å². The molecule has 5 nitrogen and oxygen atoms in total. The first-order valence-corrected chi connectivity index (χ1v) is 8.70. The molecule has 1 saturated heterocycles. The molecule has 4 rings (SSSR count). The second kappa shape index (κ2) is 6.77. The molecule has 0 atom stereocenters. The second-order valence-corrected chi connectivity index (χ2v) is 6.79. The third-order valence-electron chi connectivity index (χ3n) is 5.24. The molecule has 1 aromatic carbocycles. The largest absolute Gasteiger partial charge is 0.381 e. The summed E-state index contributed by atoms with van der Waals surface area (Å²) in [6.45, 7) is 1.78. The average Bonchev–Trinajstić information content (AvgIpc) is 3.09. The highest BCUT2D eigenvalue weighted by Gasteiger charge is 2.36. The fourth-order valence-corrected chi connectivity index (χ4v) is 3.73. The van der Waals surface area contributed by atoms with Gasteiger partial charge in [0.2, 0.25) is 0 Å². The number of amides is 1. The fraction of sp³-hybridized carbons (Fsp3) is 0.474. The first-order valence-electron chi connectivity index (χ1n) is 8.70. The number of aromatic nitrogens is 1. The number of benzene rings is 1. The number of hydrogen-bond acceptors (Lipinski definition) is 4. The van der Waals surface area contributed by atoms with Crippen LogP contribution in [0.2, 0.25) is 0 Å². The first kappa shape index (κ1) is 15.4. The Labute approximate surface area is 141 Å². The van der Waals surface area contributed by atoms with Gasteiger partial charge < -0.3 is 14.6 Å². The Morgan fingerprint density at radius 1 is 1.08 bits per heavy atom. The number of carbonyl (C=O) groups is 1. The molecule has 0 unspecified atom stereocenters. The first-order chi connectivity index (χ1) is 11.8. The minimum absolute atomic E-state index is 0.142. The summed E-state index contributed by atoms with van der Waals surface area (Å²) in [5, 5.41) is 6.98. The lowest BCUT2D eigenvalue weighted by Gasteiger charge is -2.42. The Hall–Kier alpha value is -2.14. The Morgan fingerprint density at radius 2 is 1.83 bits per heavy atom. The van der Waals surface area contributed by atoms with E-state index in [2.05, 4.69) is 10.5 Å². The maximum atomic E-state index is 12.3. The maximum Gasteiger partial charge on any atom is 0.273 e. The molecule has 2 heterocycles. The zero-order valence-corrected chi connectivity index (χ0v) is 13.6. The number of nitrogens with one attached hydrogen (secondary N) is 1. The van der Waals surface area contributed by atoms with Crippen LogP contribution in [-0.4, -0.2) is 30.3 Å². The lowest BCUT2D eigenvalue weighted by molar-refractivity contribution is 0.0201. The topological polar surface area (TPSA) is 64.4 Å². The van der Waals surface area contributed by atoms with E-state index in [4.69, 9.17) is 9.26 Å². The molecule has 2 aliphatic rings. The van der Waals surface area contributed by atoms with Crippen molar-refractivity contribution in [2.24, 2.45) is 11.8 Å². The third kappa shape index (κ3) is 3.22. The van der Waals surface area contributed by atoms with Gasteiger partial charge >= 0.3 is 0 Å². The predicted molar refractivity (Wildman–Crippen MR) is 89.5 cm³/mol. The van der Waals surface area contributed by atoms with E-state index >= 15 is 0 Å². The van der Waals surface area contributed by atoms with E-state index in [0.29, 0.717) is 11.5 Å². The summed E-state index contributed by atoms with van der Waals surface area (Å²) < 4.78 is 10.7. The maximum absolute atomic E-state index is 12.3. The summed E-state index contributed by atoms with van der Waals surface area (Å²) >= 11 is 0. The Morgan fingerprint density at radius 3 is 2.58 bits per heavy atom.